The molecule has 0 radical (unpaired) electrons. The van der Waals surface area contributed by atoms with Gasteiger partial charge in [0.2, 0.25) is 0 Å². The molecule has 134 valence electrons. The Balaban J connectivity index is 2.21. The van der Waals surface area contributed by atoms with Crippen LogP contribution in [0, 0.1) is 28.4 Å². The lowest BCUT2D eigenvalue weighted by Crippen LogP contribution is -2.03. The van der Waals surface area contributed by atoms with Crippen LogP contribution in [0.3, 0.4) is 0 Å². The van der Waals surface area contributed by atoms with Crippen LogP contribution in [0.15, 0.2) is 48.5 Å². The highest BCUT2D eigenvalue weighted by atomic mass is 16.6. The average molecular weight is 360 g/mol. The maximum absolute atomic E-state index is 10.9. The van der Waals surface area contributed by atoms with E-state index >= 15 is 0 Å². The van der Waals surface area contributed by atoms with E-state index in [1.807, 2.05) is 31.2 Å². The van der Waals surface area contributed by atoms with Crippen molar-refractivity contribution in [1.82, 2.24) is 4.98 Å². The minimum Gasteiger partial charge on any atom is -0.497 e. The smallest absolute Gasteiger partial charge is 0.269 e. The second kappa shape index (κ2) is 7.14. The normalized spacial score (nSPS) is 10.3. The van der Waals surface area contributed by atoms with Crippen LogP contribution in [0.2, 0.25) is 0 Å². The summed E-state index contributed by atoms with van der Waals surface area (Å²) in [4.78, 5) is 14.8. The number of nitro groups is 1. The van der Waals surface area contributed by atoms with E-state index in [1.165, 1.54) is 12.1 Å². The van der Waals surface area contributed by atoms with Gasteiger partial charge in [-0.1, -0.05) is 0 Å². The zero-order valence-electron chi connectivity index (χ0n) is 14.8. The zero-order chi connectivity index (χ0) is 19.6. The number of hydrogen-bond donors (Lipinski definition) is 1. The summed E-state index contributed by atoms with van der Waals surface area (Å²) in [5.41, 5.74) is 9.78. The third-order valence-electron chi connectivity index (χ3n) is 4.31. The fraction of sp³-hybridized carbons (Fsp3) is 0.100. The van der Waals surface area contributed by atoms with Crippen molar-refractivity contribution in [1.29, 1.82) is 5.26 Å². The number of hydrogen-bond acceptors (Lipinski definition) is 6. The summed E-state index contributed by atoms with van der Waals surface area (Å²) in [6, 6.07) is 15.5. The Morgan fingerprint density at radius 2 is 1.70 bits per heavy atom. The summed E-state index contributed by atoms with van der Waals surface area (Å²) in [7, 11) is 1.59. The largest absolute Gasteiger partial charge is 0.497 e. The Kier molecular flexibility index (Phi) is 4.73. The van der Waals surface area contributed by atoms with E-state index < -0.39 is 4.92 Å². The van der Waals surface area contributed by atoms with Crippen molar-refractivity contribution in [2.75, 3.05) is 12.8 Å². The van der Waals surface area contributed by atoms with Gasteiger partial charge in [-0.15, -0.1) is 0 Å². The summed E-state index contributed by atoms with van der Waals surface area (Å²) in [5, 5.41) is 20.5. The van der Waals surface area contributed by atoms with E-state index in [0.29, 0.717) is 22.6 Å². The molecular formula is C20H16N4O3. The first-order valence-corrected chi connectivity index (χ1v) is 8.05. The SMILES string of the molecule is COc1ccc(-c2nc(N)c(C#N)c(-c3ccc([N+](=O)[O-])cc3)c2C)cc1. The summed E-state index contributed by atoms with van der Waals surface area (Å²) in [5.74, 6) is 0.830. The number of pyridine rings is 1. The first-order chi connectivity index (χ1) is 13.0. The third kappa shape index (κ3) is 3.28. The average Bonchev–Trinajstić information content (AvgIpc) is 2.69. The van der Waals surface area contributed by atoms with Gasteiger partial charge in [-0.05, 0) is 54.4 Å². The number of ether oxygens (including phenoxy) is 1. The number of nitrogen functional groups attached to an aromatic ring is 1. The second-order valence-electron chi connectivity index (χ2n) is 5.86. The highest BCUT2D eigenvalue weighted by Gasteiger charge is 2.19. The molecule has 3 aromatic rings. The Bertz CT molecular complexity index is 1050. The number of aromatic nitrogens is 1. The molecule has 0 aliphatic rings. The van der Waals surface area contributed by atoms with Crippen LogP contribution in [-0.2, 0) is 0 Å². The standard InChI is InChI=1S/C20H16N4O3/c1-12-18(13-3-7-15(8-4-13)24(25)26)17(11-21)20(22)23-19(12)14-5-9-16(27-2)10-6-14/h3-10H,1-2H3,(H2,22,23). The number of nitriles is 1. The number of methoxy groups -OCH3 is 1. The summed E-state index contributed by atoms with van der Waals surface area (Å²) >= 11 is 0. The number of nitrogens with zero attached hydrogens (tertiary/aromatic N) is 3. The molecule has 0 atom stereocenters. The van der Waals surface area contributed by atoms with Gasteiger partial charge >= 0.3 is 0 Å². The van der Waals surface area contributed by atoms with Crippen molar-refractivity contribution in [2.45, 2.75) is 6.92 Å². The van der Waals surface area contributed by atoms with Gasteiger partial charge in [0, 0.05) is 23.3 Å². The van der Waals surface area contributed by atoms with E-state index in [1.54, 1.807) is 19.2 Å². The van der Waals surface area contributed by atoms with Crippen LogP contribution in [0.4, 0.5) is 11.5 Å². The molecule has 2 N–H and O–H groups in total. The molecule has 7 nitrogen and oxygen atoms in total. The molecule has 0 saturated heterocycles. The molecule has 0 fully saturated rings. The van der Waals surface area contributed by atoms with Crippen LogP contribution in [0.1, 0.15) is 11.1 Å². The van der Waals surface area contributed by atoms with Crippen molar-refractivity contribution in [2.24, 2.45) is 0 Å². The molecule has 1 heterocycles. The molecule has 27 heavy (non-hydrogen) atoms. The number of non-ortho nitro benzene ring substituents is 1. The topological polar surface area (TPSA) is 115 Å². The number of nitrogens with two attached hydrogens (primary N) is 1. The van der Waals surface area contributed by atoms with Crippen molar-refractivity contribution >= 4 is 11.5 Å². The molecule has 0 bridgehead atoms. The predicted molar refractivity (Wildman–Crippen MR) is 102 cm³/mol. The van der Waals surface area contributed by atoms with Gasteiger partial charge in [0.1, 0.15) is 23.2 Å². The Morgan fingerprint density at radius 3 is 2.22 bits per heavy atom. The molecule has 1 aromatic heterocycles. The van der Waals surface area contributed by atoms with Crippen molar-refractivity contribution in [3.8, 4) is 34.2 Å². The lowest BCUT2D eigenvalue weighted by atomic mass is 9.92. The Hall–Kier alpha value is -3.92. The minimum atomic E-state index is -0.467. The molecule has 0 saturated carbocycles. The summed E-state index contributed by atoms with van der Waals surface area (Å²) < 4.78 is 5.18. The number of benzene rings is 2. The van der Waals surface area contributed by atoms with E-state index in [0.717, 1.165) is 11.1 Å². The van der Waals surface area contributed by atoms with Crippen molar-refractivity contribution in [3.63, 3.8) is 0 Å². The van der Waals surface area contributed by atoms with Crippen LogP contribution in [-0.4, -0.2) is 17.0 Å². The highest BCUT2D eigenvalue weighted by molar-refractivity contribution is 5.84. The first-order valence-electron chi connectivity index (χ1n) is 8.05. The molecule has 0 unspecified atom stereocenters. The lowest BCUT2D eigenvalue weighted by molar-refractivity contribution is -0.384. The van der Waals surface area contributed by atoms with Crippen LogP contribution in [0.5, 0.6) is 5.75 Å². The molecule has 7 heteroatoms. The number of anilines is 1. The van der Waals surface area contributed by atoms with Crippen molar-refractivity contribution < 1.29 is 9.66 Å². The summed E-state index contributed by atoms with van der Waals surface area (Å²) in [6.07, 6.45) is 0. The highest BCUT2D eigenvalue weighted by Crippen LogP contribution is 2.36. The van der Waals surface area contributed by atoms with Gasteiger partial charge in [0.05, 0.1) is 17.7 Å². The first kappa shape index (κ1) is 17.9. The fourth-order valence-corrected chi connectivity index (χ4v) is 2.95. The Labute approximate surface area is 155 Å². The van der Waals surface area contributed by atoms with E-state index in [-0.39, 0.29) is 17.1 Å². The van der Waals surface area contributed by atoms with Gasteiger partial charge in [-0.3, -0.25) is 10.1 Å². The quantitative estimate of drug-likeness (QED) is 0.553. The third-order valence-corrected chi connectivity index (χ3v) is 4.31. The second-order valence-corrected chi connectivity index (χ2v) is 5.86. The maximum atomic E-state index is 10.9. The lowest BCUT2D eigenvalue weighted by Gasteiger charge is -2.15. The van der Waals surface area contributed by atoms with E-state index in [2.05, 4.69) is 11.1 Å². The molecular weight excluding hydrogens is 344 g/mol. The molecule has 0 spiro atoms. The molecule has 3 rings (SSSR count). The van der Waals surface area contributed by atoms with Crippen LogP contribution >= 0.6 is 0 Å². The zero-order valence-corrected chi connectivity index (χ0v) is 14.8. The molecule has 0 aliphatic carbocycles. The van der Waals surface area contributed by atoms with Crippen molar-refractivity contribution in [3.05, 3.63) is 69.8 Å². The van der Waals surface area contributed by atoms with E-state index in [9.17, 15) is 15.4 Å². The van der Waals surface area contributed by atoms with Crippen LogP contribution in [0.25, 0.3) is 22.4 Å². The summed E-state index contributed by atoms with van der Waals surface area (Å²) in [6.45, 7) is 1.85. The van der Waals surface area contributed by atoms with Gasteiger partial charge < -0.3 is 10.5 Å². The molecule has 2 aromatic carbocycles. The monoisotopic (exact) mass is 360 g/mol. The number of rotatable bonds is 4. The van der Waals surface area contributed by atoms with Gasteiger partial charge in [0.15, 0.2) is 0 Å². The predicted octanol–water partition coefficient (Wildman–Crippen LogP) is 4.09. The molecule has 0 aliphatic heterocycles. The number of nitro benzene ring substituents is 1. The minimum absolute atomic E-state index is 0.0210. The van der Waals surface area contributed by atoms with E-state index in [4.69, 9.17) is 10.5 Å². The fourth-order valence-electron chi connectivity index (χ4n) is 2.95. The van der Waals surface area contributed by atoms with Crippen LogP contribution < -0.4 is 10.5 Å². The van der Waals surface area contributed by atoms with Gasteiger partial charge in [-0.2, -0.15) is 5.26 Å². The van der Waals surface area contributed by atoms with Gasteiger partial charge in [0.25, 0.3) is 5.69 Å². The Morgan fingerprint density at radius 1 is 1.11 bits per heavy atom. The molecule has 0 amide bonds. The van der Waals surface area contributed by atoms with Gasteiger partial charge in [-0.25, -0.2) is 4.98 Å². The maximum Gasteiger partial charge on any atom is 0.269 e.